The lowest BCUT2D eigenvalue weighted by Gasteiger charge is -2.27. The van der Waals surface area contributed by atoms with Gasteiger partial charge in [-0.1, -0.05) is 53.5 Å². The van der Waals surface area contributed by atoms with Crippen molar-refractivity contribution in [1.82, 2.24) is 19.7 Å². The van der Waals surface area contributed by atoms with Crippen molar-refractivity contribution in [3.8, 4) is 5.69 Å². The predicted molar refractivity (Wildman–Crippen MR) is 151 cm³/mol. The van der Waals surface area contributed by atoms with Crippen LogP contribution >= 0.6 is 23.2 Å². The van der Waals surface area contributed by atoms with E-state index in [1.807, 2.05) is 54.2 Å². The van der Waals surface area contributed by atoms with Crippen molar-refractivity contribution in [1.29, 1.82) is 0 Å². The Morgan fingerprint density at radius 1 is 1.03 bits per heavy atom. The second-order valence-electron chi connectivity index (χ2n) is 9.45. The van der Waals surface area contributed by atoms with E-state index in [-0.39, 0.29) is 5.56 Å². The zero-order chi connectivity index (χ0) is 27.1. The summed E-state index contributed by atoms with van der Waals surface area (Å²) in [5.41, 5.74) is 2.99. The van der Waals surface area contributed by atoms with Crippen molar-refractivity contribution in [3.05, 3.63) is 146 Å². The molecule has 3 aromatic carbocycles. The molecule has 39 heavy (non-hydrogen) atoms. The van der Waals surface area contributed by atoms with Crippen molar-refractivity contribution < 1.29 is 9.67 Å². The van der Waals surface area contributed by atoms with E-state index in [9.17, 15) is 9.90 Å². The number of nitrogens with one attached hydrogen (secondary N) is 2. The van der Waals surface area contributed by atoms with Gasteiger partial charge in [0.15, 0.2) is 11.3 Å². The number of hydrogen-bond acceptors (Lipinski definition) is 3. The first kappa shape index (κ1) is 25.1. The molecule has 7 nitrogen and oxygen atoms in total. The third-order valence-corrected chi connectivity index (χ3v) is 7.73. The van der Waals surface area contributed by atoms with Gasteiger partial charge < -0.3 is 10.1 Å². The van der Waals surface area contributed by atoms with Gasteiger partial charge in [0.25, 0.3) is 5.56 Å². The van der Waals surface area contributed by atoms with Gasteiger partial charge >= 0.3 is 0 Å². The van der Waals surface area contributed by atoms with Crippen molar-refractivity contribution in [3.63, 3.8) is 0 Å². The molecule has 0 saturated heterocycles. The van der Waals surface area contributed by atoms with Crippen LogP contribution in [0.4, 0.5) is 0 Å². The normalized spacial score (nSPS) is 13.0. The number of halogens is 2. The first-order valence-electron chi connectivity index (χ1n) is 12.3. The molecule has 3 heterocycles. The van der Waals surface area contributed by atoms with E-state index in [1.54, 1.807) is 59.8 Å². The highest BCUT2D eigenvalue weighted by molar-refractivity contribution is 6.36. The second-order valence-corrected chi connectivity index (χ2v) is 10.3. The molecular weight excluding hydrogens is 533 g/mol. The number of pyridine rings is 1. The highest BCUT2D eigenvalue weighted by atomic mass is 35.5. The van der Waals surface area contributed by atoms with Crippen molar-refractivity contribution in [2.45, 2.75) is 12.0 Å². The van der Waals surface area contributed by atoms with Gasteiger partial charge in [-0.25, -0.2) is 14.2 Å². The minimum atomic E-state index is -1.52. The molecule has 0 amide bonds. The van der Waals surface area contributed by atoms with Crippen LogP contribution in [0.1, 0.15) is 27.9 Å². The van der Waals surface area contributed by atoms with E-state index >= 15 is 0 Å². The Balaban J connectivity index is 1.45. The molecule has 0 aliphatic heterocycles. The molecular formula is C30H24Cl2N5O2+. The number of imidazole rings is 1. The molecule has 9 heteroatoms. The Labute approximate surface area is 233 Å². The van der Waals surface area contributed by atoms with Crippen molar-refractivity contribution in [2.75, 3.05) is 0 Å². The monoisotopic (exact) mass is 556 g/mol. The van der Waals surface area contributed by atoms with Crippen LogP contribution in [0.25, 0.3) is 16.6 Å². The maximum atomic E-state index is 13.1. The van der Waals surface area contributed by atoms with E-state index in [0.29, 0.717) is 49.8 Å². The molecule has 1 unspecified atom stereocenters. The van der Waals surface area contributed by atoms with Crippen LogP contribution in [0.5, 0.6) is 0 Å². The molecule has 3 aromatic heterocycles. The zero-order valence-electron chi connectivity index (χ0n) is 20.9. The predicted octanol–water partition coefficient (Wildman–Crippen LogP) is 5.05. The van der Waals surface area contributed by atoms with Gasteiger partial charge in [0, 0.05) is 40.3 Å². The fraction of sp³-hybridized carbons (Fsp3) is 0.100. The summed E-state index contributed by atoms with van der Waals surface area (Å²) in [6.07, 6.45) is 7.46. The second kappa shape index (κ2) is 9.85. The van der Waals surface area contributed by atoms with Gasteiger partial charge in [0.2, 0.25) is 6.33 Å². The molecule has 0 radical (unpaired) electrons. The smallest absolute Gasteiger partial charge is 0.253 e. The number of benzene rings is 3. The molecule has 0 saturated carbocycles. The average Bonchev–Trinajstić information content (AvgIpc) is 3.64. The van der Waals surface area contributed by atoms with Gasteiger partial charge in [-0.3, -0.25) is 4.79 Å². The molecule has 1 atom stereocenters. The number of aryl methyl sites for hydroxylation is 1. The molecule has 0 aliphatic carbocycles. The summed E-state index contributed by atoms with van der Waals surface area (Å²) in [5.74, 6) is 0. The number of fused-ring (bicyclic) bond motifs is 1. The van der Waals surface area contributed by atoms with Gasteiger partial charge in [0.1, 0.15) is 6.20 Å². The van der Waals surface area contributed by atoms with Crippen LogP contribution in [0.15, 0.2) is 103 Å². The number of aromatic amines is 2. The summed E-state index contributed by atoms with van der Waals surface area (Å²) in [4.78, 5) is 19.1. The Morgan fingerprint density at radius 2 is 1.77 bits per heavy atom. The lowest BCUT2D eigenvalue weighted by Crippen LogP contribution is -2.42. The lowest BCUT2D eigenvalue weighted by atomic mass is 9.83. The molecule has 3 N–H and O–H groups in total. The molecule has 6 rings (SSSR count). The minimum Gasteiger partial charge on any atom is -0.373 e. The maximum absolute atomic E-state index is 13.1. The highest BCUT2D eigenvalue weighted by Gasteiger charge is 2.40. The standard InChI is InChI=1S/C30H23Cl2N5O2/c1-36-18-33-17-27(36)30(39,20-5-8-22(31)9-6-20)21-7-12-26-24(16-21)28(32)25(29(38)35-26)15-19-3-10-23(11-4-19)37-14-2-13-34-37/h2-14,16-18,39H,15H2,1H3,(H,35,38)/p+1. The van der Waals surface area contributed by atoms with E-state index in [0.717, 1.165) is 11.3 Å². The van der Waals surface area contributed by atoms with Gasteiger partial charge in [0.05, 0.1) is 17.8 Å². The van der Waals surface area contributed by atoms with Crippen LogP contribution in [0, 0.1) is 0 Å². The summed E-state index contributed by atoms with van der Waals surface area (Å²) >= 11 is 13.1. The zero-order valence-corrected chi connectivity index (χ0v) is 22.4. The topological polar surface area (TPSA) is 90.6 Å². The third-order valence-electron chi connectivity index (χ3n) is 7.05. The number of nitrogens with zero attached hydrogens (tertiary/aromatic N) is 3. The van der Waals surface area contributed by atoms with Crippen molar-refractivity contribution >= 4 is 34.1 Å². The fourth-order valence-electron chi connectivity index (χ4n) is 4.98. The Morgan fingerprint density at radius 3 is 2.44 bits per heavy atom. The number of hydrogen-bond donors (Lipinski definition) is 3. The summed E-state index contributed by atoms with van der Waals surface area (Å²) in [5, 5.41) is 18.1. The van der Waals surface area contributed by atoms with Gasteiger partial charge in [-0.05, 0) is 59.2 Å². The summed E-state index contributed by atoms with van der Waals surface area (Å²) in [6, 6.07) is 22.2. The molecule has 0 aliphatic rings. The largest absolute Gasteiger partial charge is 0.373 e. The molecule has 6 aromatic rings. The van der Waals surface area contributed by atoms with Crippen LogP contribution in [-0.2, 0) is 19.1 Å². The number of aliphatic hydroxyl groups is 1. The molecule has 194 valence electrons. The van der Waals surface area contributed by atoms with Gasteiger partial charge in [-0.15, -0.1) is 0 Å². The average molecular weight is 557 g/mol. The number of aromatic nitrogens is 5. The Hall–Kier alpha value is -4.17. The lowest BCUT2D eigenvalue weighted by molar-refractivity contribution is -0.682. The molecule has 0 spiro atoms. The fourth-order valence-corrected chi connectivity index (χ4v) is 5.42. The number of rotatable bonds is 6. The Bertz CT molecular complexity index is 1840. The molecule has 0 fully saturated rings. The number of H-pyrrole nitrogens is 2. The Kier molecular flexibility index (Phi) is 6.35. The summed E-state index contributed by atoms with van der Waals surface area (Å²) in [6.45, 7) is 0. The van der Waals surface area contributed by atoms with Crippen LogP contribution in [-0.4, -0.2) is 24.9 Å². The van der Waals surface area contributed by atoms with E-state index < -0.39 is 5.60 Å². The van der Waals surface area contributed by atoms with Crippen LogP contribution in [0.2, 0.25) is 10.0 Å². The highest BCUT2D eigenvalue weighted by Crippen LogP contribution is 2.38. The minimum absolute atomic E-state index is 0.249. The molecule has 0 bridgehead atoms. The maximum Gasteiger partial charge on any atom is 0.253 e. The third kappa shape index (κ3) is 4.44. The summed E-state index contributed by atoms with van der Waals surface area (Å²) in [7, 11) is 1.86. The quantitative estimate of drug-likeness (QED) is 0.251. The van der Waals surface area contributed by atoms with E-state index in [1.165, 1.54) is 0 Å². The first-order valence-corrected chi connectivity index (χ1v) is 13.1. The van der Waals surface area contributed by atoms with Crippen LogP contribution < -0.4 is 10.1 Å². The van der Waals surface area contributed by atoms with Gasteiger partial charge in [-0.2, -0.15) is 5.10 Å². The summed E-state index contributed by atoms with van der Waals surface area (Å²) < 4.78 is 3.60. The van der Waals surface area contributed by atoms with E-state index in [2.05, 4.69) is 15.1 Å². The first-order chi connectivity index (χ1) is 18.8. The SMILES string of the molecule is C[n+]1c[nH]cc1C(O)(c1ccc(Cl)cc1)c1ccc2[nH]c(=O)c(Cc3ccc(-n4cccn4)cc3)c(Cl)c2c1. The van der Waals surface area contributed by atoms with E-state index in [4.69, 9.17) is 23.2 Å². The van der Waals surface area contributed by atoms with Crippen LogP contribution in [0.3, 0.4) is 0 Å². The van der Waals surface area contributed by atoms with Crippen molar-refractivity contribution in [2.24, 2.45) is 7.05 Å².